The van der Waals surface area contributed by atoms with Crippen LogP contribution in [0.5, 0.6) is 0 Å². The van der Waals surface area contributed by atoms with Crippen molar-refractivity contribution in [3.05, 3.63) is 45.3 Å². The molecule has 2 N–H and O–H groups in total. The number of benzene rings is 1. The predicted octanol–water partition coefficient (Wildman–Crippen LogP) is 2.77. The first-order valence-electron chi connectivity index (χ1n) is 4.54. The molecule has 0 spiro atoms. The van der Waals surface area contributed by atoms with Crippen LogP contribution in [0.4, 0.5) is 0 Å². The van der Waals surface area contributed by atoms with Crippen LogP contribution in [-0.4, -0.2) is 9.97 Å². The third-order valence-corrected chi connectivity index (χ3v) is 2.98. The molecule has 0 radical (unpaired) electrons. The van der Waals surface area contributed by atoms with E-state index in [0.717, 1.165) is 20.9 Å². The molecule has 0 amide bonds. The normalized spacial score (nSPS) is 11.3. The summed E-state index contributed by atoms with van der Waals surface area (Å²) in [6.45, 7) is 0. The highest BCUT2D eigenvalue weighted by atomic mass is 79.9. The highest BCUT2D eigenvalue weighted by Crippen LogP contribution is 2.22. The summed E-state index contributed by atoms with van der Waals surface area (Å²) in [5.74, 6) is 0. The SMILES string of the molecule is O=c1[nH]c2cc(Br)ccc2c2[nH]ccc12. The van der Waals surface area contributed by atoms with Crippen LogP contribution in [0.15, 0.2) is 39.7 Å². The minimum absolute atomic E-state index is 0.0585. The fraction of sp³-hybridized carbons (Fsp3) is 0. The maximum atomic E-state index is 11.7. The molecule has 0 aliphatic heterocycles. The lowest BCUT2D eigenvalue weighted by Gasteiger charge is -2.00. The number of aromatic amines is 2. The van der Waals surface area contributed by atoms with Crippen molar-refractivity contribution in [2.24, 2.45) is 0 Å². The summed E-state index contributed by atoms with van der Waals surface area (Å²) in [7, 11) is 0. The number of aromatic nitrogens is 2. The van der Waals surface area contributed by atoms with Gasteiger partial charge in [-0.3, -0.25) is 4.79 Å². The van der Waals surface area contributed by atoms with Gasteiger partial charge in [-0.2, -0.15) is 0 Å². The van der Waals surface area contributed by atoms with Crippen molar-refractivity contribution >= 4 is 37.7 Å². The van der Waals surface area contributed by atoms with Crippen LogP contribution in [0.2, 0.25) is 0 Å². The number of rotatable bonds is 0. The van der Waals surface area contributed by atoms with Gasteiger partial charge in [0, 0.05) is 16.1 Å². The van der Waals surface area contributed by atoms with E-state index in [0.29, 0.717) is 5.39 Å². The van der Waals surface area contributed by atoms with Gasteiger partial charge in [-0.05, 0) is 24.3 Å². The van der Waals surface area contributed by atoms with Crippen molar-refractivity contribution in [1.82, 2.24) is 9.97 Å². The van der Waals surface area contributed by atoms with Gasteiger partial charge in [0.25, 0.3) is 5.56 Å². The quantitative estimate of drug-likeness (QED) is 0.643. The van der Waals surface area contributed by atoms with Gasteiger partial charge in [0.05, 0.1) is 16.4 Å². The number of pyridine rings is 1. The van der Waals surface area contributed by atoms with Crippen molar-refractivity contribution in [3.8, 4) is 0 Å². The van der Waals surface area contributed by atoms with Crippen molar-refractivity contribution < 1.29 is 0 Å². The molecular formula is C11H7BrN2O. The van der Waals surface area contributed by atoms with Crippen LogP contribution in [0.1, 0.15) is 0 Å². The third-order valence-electron chi connectivity index (χ3n) is 2.49. The fourth-order valence-electron chi connectivity index (χ4n) is 1.81. The van der Waals surface area contributed by atoms with Gasteiger partial charge < -0.3 is 9.97 Å². The van der Waals surface area contributed by atoms with E-state index in [1.165, 1.54) is 0 Å². The summed E-state index contributed by atoms with van der Waals surface area (Å²) in [5.41, 5.74) is 1.67. The number of nitrogens with one attached hydrogen (secondary N) is 2. The highest BCUT2D eigenvalue weighted by Gasteiger charge is 2.05. The average molecular weight is 263 g/mol. The standard InChI is InChI=1S/C11H7BrN2O/c12-6-1-2-7-9(5-6)14-11(15)8-3-4-13-10(7)8/h1-5,13H,(H,14,15). The van der Waals surface area contributed by atoms with Gasteiger partial charge in [0.15, 0.2) is 0 Å². The summed E-state index contributed by atoms with van der Waals surface area (Å²) in [5, 5.41) is 1.72. The molecule has 0 unspecified atom stereocenters. The van der Waals surface area contributed by atoms with Crippen molar-refractivity contribution in [2.45, 2.75) is 0 Å². The second-order valence-electron chi connectivity index (χ2n) is 3.41. The molecule has 3 nitrogen and oxygen atoms in total. The van der Waals surface area contributed by atoms with Gasteiger partial charge in [0.1, 0.15) is 0 Å². The molecule has 0 aliphatic carbocycles. The van der Waals surface area contributed by atoms with E-state index in [4.69, 9.17) is 0 Å². The third kappa shape index (κ3) is 1.22. The lowest BCUT2D eigenvalue weighted by atomic mass is 10.2. The van der Waals surface area contributed by atoms with Crippen LogP contribution >= 0.6 is 15.9 Å². The molecule has 0 atom stereocenters. The topological polar surface area (TPSA) is 48.6 Å². The molecular weight excluding hydrogens is 256 g/mol. The summed E-state index contributed by atoms with van der Waals surface area (Å²) in [4.78, 5) is 17.6. The molecule has 2 heterocycles. The van der Waals surface area contributed by atoms with Gasteiger partial charge in [-0.1, -0.05) is 15.9 Å². The van der Waals surface area contributed by atoms with Crippen molar-refractivity contribution in [2.75, 3.05) is 0 Å². The van der Waals surface area contributed by atoms with E-state index < -0.39 is 0 Å². The zero-order chi connectivity index (χ0) is 10.4. The van der Waals surface area contributed by atoms with Crippen LogP contribution in [-0.2, 0) is 0 Å². The molecule has 15 heavy (non-hydrogen) atoms. The summed E-state index contributed by atoms with van der Waals surface area (Å²) in [6, 6.07) is 7.63. The number of H-pyrrole nitrogens is 2. The maximum absolute atomic E-state index is 11.7. The lowest BCUT2D eigenvalue weighted by molar-refractivity contribution is 1.34. The van der Waals surface area contributed by atoms with Crippen LogP contribution < -0.4 is 5.56 Å². The first kappa shape index (κ1) is 8.73. The Morgan fingerprint density at radius 2 is 2.00 bits per heavy atom. The molecule has 2 aromatic heterocycles. The Morgan fingerprint density at radius 1 is 1.13 bits per heavy atom. The second-order valence-corrected chi connectivity index (χ2v) is 4.33. The smallest absolute Gasteiger partial charge is 0.257 e. The molecule has 3 aromatic rings. The van der Waals surface area contributed by atoms with Gasteiger partial charge in [-0.15, -0.1) is 0 Å². The zero-order valence-electron chi connectivity index (χ0n) is 7.67. The van der Waals surface area contributed by atoms with Gasteiger partial charge >= 0.3 is 0 Å². The molecule has 0 fully saturated rings. The first-order valence-corrected chi connectivity index (χ1v) is 5.33. The summed E-state index contributed by atoms with van der Waals surface area (Å²) in [6.07, 6.45) is 1.78. The Hall–Kier alpha value is -1.55. The largest absolute Gasteiger partial charge is 0.360 e. The number of halogens is 1. The average Bonchev–Trinajstić information content (AvgIpc) is 2.66. The molecule has 0 saturated carbocycles. The number of hydrogen-bond acceptors (Lipinski definition) is 1. The molecule has 0 aliphatic rings. The minimum Gasteiger partial charge on any atom is -0.360 e. The second kappa shape index (κ2) is 2.97. The zero-order valence-corrected chi connectivity index (χ0v) is 9.26. The highest BCUT2D eigenvalue weighted by molar-refractivity contribution is 9.10. The van der Waals surface area contributed by atoms with Crippen molar-refractivity contribution in [1.29, 1.82) is 0 Å². The van der Waals surface area contributed by atoms with Crippen molar-refractivity contribution in [3.63, 3.8) is 0 Å². The molecule has 74 valence electrons. The van der Waals surface area contributed by atoms with E-state index in [2.05, 4.69) is 25.9 Å². The van der Waals surface area contributed by atoms with E-state index in [-0.39, 0.29) is 5.56 Å². The van der Waals surface area contributed by atoms with Gasteiger partial charge in [0.2, 0.25) is 0 Å². The molecule has 1 aromatic carbocycles. The Kier molecular flexibility index (Phi) is 1.73. The number of hydrogen-bond donors (Lipinski definition) is 2. The maximum Gasteiger partial charge on any atom is 0.257 e. The van der Waals surface area contributed by atoms with E-state index >= 15 is 0 Å². The Bertz CT molecular complexity index is 711. The Balaban J connectivity index is 2.66. The monoisotopic (exact) mass is 262 g/mol. The van der Waals surface area contributed by atoms with Gasteiger partial charge in [-0.25, -0.2) is 0 Å². The van der Waals surface area contributed by atoms with Crippen LogP contribution in [0.3, 0.4) is 0 Å². The predicted molar refractivity (Wildman–Crippen MR) is 64.1 cm³/mol. The molecule has 3 rings (SSSR count). The number of fused-ring (bicyclic) bond motifs is 3. The van der Waals surface area contributed by atoms with E-state index in [1.807, 2.05) is 18.2 Å². The fourth-order valence-corrected chi connectivity index (χ4v) is 2.17. The minimum atomic E-state index is -0.0585. The van der Waals surface area contributed by atoms with E-state index in [1.54, 1.807) is 12.3 Å². The lowest BCUT2D eigenvalue weighted by Crippen LogP contribution is -2.04. The van der Waals surface area contributed by atoms with Crippen LogP contribution in [0.25, 0.3) is 21.8 Å². The molecule has 0 saturated heterocycles. The Morgan fingerprint density at radius 3 is 2.87 bits per heavy atom. The van der Waals surface area contributed by atoms with E-state index in [9.17, 15) is 4.79 Å². The van der Waals surface area contributed by atoms with Crippen LogP contribution in [0, 0.1) is 0 Å². The first-order chi connectivity index (χ1) is 7.25. The summed E-state index contributed by atoms with van der Waals surface area (Å²) < 4.78 is 0.955. The summed E-state index contributed by atoms with van der Waals surface area (Å²) >= 11 is 3.38. The molecule has 4 heteroatoms. The Labute approximate surface area is 93.3 Å². The molecule has 0 bridgehead atoms.